The van der Waals surface area contributed by atoms with Gasteiger partial charge in [-0.2, -0.15) is 0 Å². The molecule has 26 heavy (non-hydrogen) atoms. The first-order valence-corrected chi connectivity index (χ1v) is 8.56. The molecular weight excluding hydrogens is 372 g/mol. The molecule has 0 unspecified atom stereocenters. The molecule has 4 N–H and O–H groups in total. The Labute approximate surface area is 162 Å². The van der Waals surface area contributed by atoms with E-state index in [1.807, 2.05) is 39.0 Å². The van der Waals surface area contributed by atoms with Gasteiger partial charge in [-0.05, 0) is 62.3 Å². The van der Waals surface area contributed by atoms with Gasteiger partial charge in [0.25, 0.3) is 0 Å². The van der Waals surface area contributed by atoms with Crippen molar-refractivity contribution < 1.29 is 9.59 Å². The number of carbonyl (C=O) groups excluding carboxylic acids is 2. The summed E-state index contributed by atoms with van der Waals surface area (Å²) in [5, 5.41) is 6.01. The minimum atomic E-state index is -0.874. The lowest BCUT2D eigenvalue weighted by Crippen LogP contribution is -2.48. The van der Waals surface area contributed by atoms with E-state index in [9.17, 15) is 9.59 Å². The fourth-order valence-corrected chi connectivity index (χ4v) is 2.74. The molecule has 0 fully saturated rings. The molecule has 0 spiro atoms. The molecule has 0 aromatic heterocycles. The number of hydrogen-bond donors (Lipinski definition) is 4. The van der Waals surface area contributed by atoms with Crippen molar-refractivity contribution >= 4 is 52.1 Å². The van der Waals surface area contributed by atoms with Gasteiger partial charge >= 0.3 is 11.8 Å². The first-order valence-electron chi connectivity index (χ1n) is 7.78. The van der Waals surface area contributed by atoms with Crippen molar-refractivity contribution in [1.29, 1.82) is 0 Å². The van der Waals surface area contributed by atoms with Crippen LogP contribution in [0.1, 0.15) is 16.7 Å². The third-order valence-electron chi connectivity index (χ3n) is 3.48. The zero-order valence-corrected chi connectivity index (χ0v) is 16.1. The molecule has 2 aromatic rings. The number of hydrogen-bond acceptors (Lipinski definition) is 3. The number of amides is 2. The highest BCUT2D eigenvalue weighted by atomic mass is 35.5. The molecule has 6 nitrogen and oxygen atoms in total. The van der Waals surface area contributed by atoms with Crippen LogP contribution in [0.4, 0.5) is 11.4 Å². The Hall–Kier alpha value is -2.64. The SMILES string of the molecule is Cc1ccc(NC(=O)C(=O)NNC(=S)Nc2c(C)cc(C)cc2Cl)cc1. The van der Waals surface area contributed by atoms with E-state index in [4.69, 9.17) is 23.8 Å². The Bertz CT molecular complexity index is 830. The smallest absolute Gasteiger partial charge is 0.328 e. The quantitative estimate of drug-likeness (QED) is 0.359. The van der Waals surface area contributed by atoms with Gasteiger partial charge < -0.3 is 10.6 Å². The minimum Gasteiger partial charge on any atom is -0.330 e. The van der Waals surface area contributed by atoms with Crippen LogP contribution in [0, 0.1) is 20.8 Å². The summed E-state index contributed by atoms with van der Waals surface area (Å²) >= 11 is 11.3. The van der Waals surface area contributed by atoms with Gasteiger partial charge in [0.05, 0.1) is 10.7 Å². The number of halogens is 1. The summed E-state index contributed by atoms with van der Waals surface area (Å²) in [6, 6.07) is 10.8. The fraction of sp³-hybridized carbons (Fsp3) is 0.167. The normalized spacial score (nSPS) is 10.0. The lowest BCUT2D eigenvalue weighted by molar-refractivity contribution is -0.136. The van der Waals surface area contributed by atoms with Crippen molar-refractivity contribution in [3.05, 3.63) is 58.1 Å². The molecule has 0 saturated carbocycles. The molecule has 8 heteroatoms. The monoisotopic (exact) mass is 390 g/mol. The van der Waals surface area contributed by atoms with Gasteiger partial charge in [0, 0.05) is 5.69 Å². The number of benzene rings is 2. The lowest BCUT2D eigenvalue weighted by Gasteiger charge is -2.15. The van der Waals surface area contributed by atoms with Gasteiger partial charge in [0.1, 0.15) is 0 Å². The standard InChI is InChI=1S/C18H19ClN4O2S/c1-10-4-6-13(7-5-10)20-16(24)17(25)22-23-18(26)21-15-12(3)8-11(2)9-14(15)19/h4-9H,1-3H3,(H,20,24)(H,22,25)(H2,21,23,26). The van der Waals surface area contributed by atoms with Crippen molar-refractivity contribution in [2.45, 2.75) is 20.8 Å². The molecule has 2 rings (SSSR count). The van der Waals surface area contributed by atoms with Crippen LogP contribution in [-0.4, -0.2) is 16.9 Å². The number of rotatable bonds is 2. The summed E-state index contributed by atoms with van der Waals surface area (Å²) in [7, 11) is 0. The molecule has 0 heterocycles. The highest BCUT2D eigenvalue weighted by molar-refractivity contribution is 7.80. The summed E-state index contributed by atoms with van der Waals surface area (Å²) in [6.45, 7) is 5.75. The second kappa shape index (κ2) is 8.64. The van der Waals surface area contributed by atoms with Crippen LogP contribution >= 0.6 is 23.8 Å². The van der Waals surface area contributed by atoms with E-state index < -0.39 is 11.8 Å². The summed E-state index contributed by atoms with van der Waals surface area (Å²) < 4.78 is 0. The highest BCUT2D eigenvalue weighted by Crippen LogP contribution is 2.27. The molecule has 0 aliphatic carbocycles. The van der Waals surface area contributed by atoms with E-state index >= 15 is 0 Å². The van der Waals surface area contributed by atoms with Crippen molar-refractivity contribution in [3.63, 3.8) is 0 Å². The third-order valence-corrected chi connectivity index (χ3v) is 3.98. The minimum absolute atomic E-state index is 0.107. The van der Waals surface area contributed by atoms with E-state index in [0.717, 1.165) is 16.7 Å². The van der Waals surface area contributed by atoms with Crippen LogP contribution in [0.15, 0.2) is 36.4 Å². The molecule has 0 radical (unpaired) electrons. The highest BCUT2D eigenvalue weighted by Gasteiger charge is 2.14. The van der Waals surface area contributed by atoms with Crippen LogP contribution in [0.5, 0.6) is 0 Å². The molecule has 136 valence electrons. The fourth-order valence-electron chi connectivity index (χ4n) is 2.21. The van der Waals surface area contributed by atoms with Crippen molar-refractivity contribution in [2.75, 3.05) is 10.6 Å². The molecule has 0 aliphatic heterocycles. The number of carbonyl (C=O) groups is 2. The van der Waals surface area contributed by atoms with Gasteiger partial charge in [-0.1, -0.05) is 35.4 Å². The zero-order valence-electron chi connectivity index (χ0n) is 14.6. The molecule has 0 bridgehead atoms. The van der Waals surface area contributed by atoms with Crippen molar-refractivity contribution in [3.8, 4) is 0 Å². The molecular formula is C18H19ClN4O2S. The van der Waals surface area contributed by atoms with E-state index in [1.54, 1.807) is 18.2 Å². The first-order chi connectivity index (χ1) is 12.3. The largest absolute Gasteiger partial charge is 0.330 e. The predicted molar refractivity (Wildman–Crippen MR) is 108 cm³/mol. The maximum atomic E-state index is 11.9. The Morgan fingerprint density at radius 2 is 1.54 bits per heavy atom. The van der Waals surface area contributed by atoms with Gasteiger partial charge in [-0.3, -0.25) is 20.4 Å². The van der Waals surface area contributed by atoms with Crippen LogP contribution < -0.4 is 21.5 Å². The maximum absolute atomic E-state index is 11.9. The maximum Gasteiger partial charge on any atom is 0.328 e. The van der Waals surface area contributed by atoms with Gasteiger partial charge in [-0.15, -0.1) is 0 Å². The number of hydrazine groups is 1. The Morgan fingerprint density at radius 1 is 0.885 bits per heavy atom. The average molecular weight is 391 g/mol. The number of anilines is 2. The van der Waals surface area contributed by atoms with E-state index in [1.165, 1.54) is 0 Å². The Morgan fingerprint density at radius 3 is 2.15 bits per heavy atom. The van der Waals surface area contributed by atoms with E-state index in [-0.39, 0.29) is 5.11 Å². The van der Waals surface area contributed by atoms with Crippen molar-refractivity contribution in [1.82, 2.24) is 10.9 Å². The molecule has 2 aromatic carbocycles. The molecule has 2 amide bonds. The summed E-state index contributed by atoms with van der Waals surface area (Å²) in [4.78, 5) is 23.7. The lowest BCUT2D eigenvalue weighted by atomic mass is 10.1. The Kier molecular flexibility index (Phi) is 6.54. The molecule has 0 atom stereocenters. The van der Waals surface area contributed by atoms with Crippen molar-refractivity contribution in [2.24, 2.45) is 0 Å². The van der Waals surface area contributed by atoms with Crippen LogP contribution in [-0.2, 0) is 9.59 Å². The second-order valence-corrected chi connectivity index (χ2v) is 6.61. The van der Waals surface area contributed by atoms with Crippen LogP contribution in [0.25, 0.3) is 0 Å². The average Bonchev–Trinajstić information content (AvgIpc) is 2.57. The van der Waals surface area contributed by atoms with Gasteiger partial charge in [0.2, 0.25) is 0 Å². The van der Waals surface area contributed by atoms with Crippen LogP contribution in [0.3, 0.4) is 0 Å². The van der Waals surface area contributed by atoms with E-state index in [2.05, 4.69) is 21.5 Å². The predicted octanol–water partition coefficient (Wildman–Crippen LogP) is 3.22. The van der Waals surface area contributed by atoms with Gasteiger partial charge in [-0.25, -0.2) is 0 Å². The Balaban J connectivity index is 1.87. The summed E-state index contributed by atoms with van der Waals surface area (Å²) in [5.74, 6) is -1.69. The number of nitrogens with one attached hydrogen (secondary N) is 4. The van der Waals surface area contributed by atoms with E-state index in [0.29, 0.717) is 16.4 Å². The molecule has 0 aliphatic rings. The first kappa shape index (κ1) is 19.7. The zero-order chi connectivity index (χ0) is 19.3. The second-order valence-electron chi connectivity index (χ2n) is 5.79. The van der Waals surface area contributed by atoms with Crippen LogP contribution in [0.2, 0.25) is 5.02 Å². The topological polar surface area (TPSA) is 82.3 Å². The number of aryl methyl sites for hydroxylation is 3. The number of thiocarbonyl (C=S) groups is 1. The molecule has 0 saturated heterocycles. The summed E-state index contributed by atoms with van der Waals surface area (Å²) in [6.07, 6.45) is 0. The third kappa shape index (κ3) is 5.44. The van der Waals surface area contributed by atoms with Gasteiger partial charge in [0.15, 0.2) is 5.11 Å². The summed E-state index contributed by atoms with van der Waals surface area (Å²) in [5.41, 5.74) is 8.86.